The van der Waals surface area contributed by atoms with Crippen LogP contribution in [0.3, 0.4) is 0 Å². The van der Waals surface area contributed by atoms with Gasteiger partial charge in [-0.3, -0.25) is 19.3 Å². The normalized spacial score (nSPS) is 13.9. The molecule has 7 nitrogen and oxygen atoms in total. The van der Waals surface area contributed by atoms with Gasteiger partial charge in [0.15, 0.2) is 18.2 Å². The summed E-state index contributed by atoms with van der Waals surface area (Å²) in [6, 6.07) is 6.62. The highest BCUT2D eigenvalue weighted by atomic mass is 79.9. The Bertz CT molecular complexity index is 986. The first-order valence-corrected chi connectivity index (χ1v) is 9.28. The molecule has 1 aliphatic heterocycles. The number of amides is 3. The maximum Gasteiger partial charge on any atom is 0.265 e. The Morgan fingerprint density at radius 1 is 1.21 bits per heavy atom. The molecule has 1 heterocycles. The van der Waals surface area contributed by atoms with Crippen LogP contribution in [0.4, 0.5) is 14.5 Å². The van der Waals surface area contributed by atoms with E-state index in [4.69, 9.17) is 4.74 Å². The van der Waals surface area contributed by atoms with Gasteiger partial charge in [0.25, 0.3) is 5.91 Å². The summed E-state index contributed by atoms with van der Waals surface area (Å²) < 4.78 is 32.9. The molecule has 10 heteroatoms. The predicted octanol–water partition coefficient (Wildman–Crippen LogP) is 2.06. The number of likely N-dealkylation sites (N-methyl/N-ethyl adjacent to an activating group) is 1. The predicted molar refractivity (Wildman–Crippen MR) is 103 cm³/mol. The first-order chi connectivity index (χ1) is 13.8. The molecule has 0 bridgehead atoms. The van der Waals surface area contributed by atoms with Crippen LogP contribution < -0.4 is 20.3 Å². The van der Waals surface area contributed by atoms with Gasteiger partial charge in [0.1, 0.15) is 18.3 Å². The zero-order valence-corrected chi connectivity index (χ0v) is 16.8. The molecule has 29 heavy (non-hydrogen) atoms. The minimum atomic E-state index is -1.26. The lowest BCUT2D eigenvalue weighted by Crippen LogP contribution is -2.47. The van der Waals surface area contributed by atoms with Crippen LogP contribution >= 0.6 is 15.9 Å². The summed E-state index contributed by atoms with van der Waals surface area (Å²) >= 11 is 3.31. The van der Waals surface area contributed by atoms with Crippen molar-refractivity contribution in [2.24, 2.45) is 0 Å². The van der Waals surface area contributed by atoms with Gasteiger partial charge in [-0.25, -0.2) is 8.78 Å². The number of nitrogens with zero attached hydrogens (tertiary/aromatic N) is 1. The van der Waals surface area contributed by atoms with Gasteiger partial charge in [0.2, 0.25) is 11.8 Å². The van der Waals surface area contributed by atoms with Crippen molar-refractivity contribution in [3.8, 4) is 5.75 Å². The van der Waals surface area contributed by atoms with Crippen LogP contribution in [0.25, 0.3) is 0 Å². The van der Waals surface area contributed by atoms with E-state index in [1.54, 1.807) is 18.2 Å². The van der Waals surface area contributed by atoms with Crippen molar-refractivity contribution in [3.05, 3.63) is 58.1 Å². The average molecular weight is 468 g/mol. The van der Waals surface area contributed by atoms with E-state index in [1.165, 1.54) is 18.0 Å². The molecule has 0 aliphatic carbocycles. The number of hydrogen-bond donors (Lipinski definition) is 2. The van der Waals surface area contributed by atoms with E-state index in [-0.39, 0.29) is 18.7 Å². The third-order valence-electron chi connectivity index (χ3n) is 4.26. The molecule has 0 fully saturated rings. The van der Waals surface area contributed by atoms with Crippen LogP contribution in [-0.4, -0.2) is 37.9 Å². The Hall–Kier alpha value is -3.01. The lowest BCUT2D eigenvalue weighted by Gasteiger charge is -2.29. The highest BCUT2D eigenvalue weighted by Gasteiger charge is 2.29. The summed E-state index contributed by atoms with van der Waals surface area (Å²) in [5.41, 5.74) is 0.471. The average Bonchev–Trinajstić information content (AvgIpc) is 2.70. The fourth-order valence-corrected chi connectivity index (χ4v) is 3.18. The Labute approximate surface area is 173 Å². The van der Waals surface area contributed by atoms with Crippen LogP contribution in [-0.2, 0) is 14.4 Å². The van der Waals surface area contributed by atoms with Gasteiger partial charge in [0.05, 0.1) is 5.69 Å². The number of carbonyl (C=O) groups excluding carboxylic acids is 3. The van der Waals surface area contributed by atoms with Crippen LogP contribution in [0.5, 0.6) is 5.75 Å². The van der Waals surface area contributed by atoms with E-state index >= 15 is 0 Å². The molecule has 2 N–H and O–H groups in total. The second kappa shape index (κ2) is 8.56. The number of nitrogens with one attached hydrogen (secondary N) is 2. The van der Waals surface area contributed by atoms with Gasteiger partial charge >= 0.3 is 0 Å². The first kappa shape index (κ1) is 20.7. The largest absolute Gasteiger partial charge is 0.482 e. The van der Waals surface area contributed by atoms with Crippen molar-refractivity contribution in [2.75, 3.05) is 25.1 Å². The summed E-state index contributed by atoms with van der Waals surface area (Å²) in [6.45, 7) is -0.618. The molecule has 0 aromatic heterocycles. The van der Waals surface area contributed by atoms with E-state index < -0.39 is 35.4 Å². The molecule has 1 unspecified atom stereocenters. The SMILES string of the molecule is CNC(=O)C(NC(=O)CN1C(=O)COc2cc(Br)ccc21)c1ccc(F)c(F)c1. The first-order valence-electron chi connectivity index (χ1n) is 8.48. The lowest BCUT2D eigenvalue weighted by molar-refractivity contribution is -0.129. The topological polar surface area (TPSA) is 87.7 Å². The fourth-order valence-electron chi connectivity index (χ4n) is 2.84. The van der Waals surface area contributed by atoms with E-state index in [0.717, 1.165) is 16.6 Å². The van der Waals surface area contributed by atoms with Crippen molar-refractivity contribution in [3.63, 3.8) is 0 Å². The minimum Gasteiger partial charge on any atom is -0.482 e. The fraction of sp³-hybridized carbons (Fsp3) is 0.211. The van der Waals surface area contributed by atoms with E-state index in [1.807, 2.05) is 0 Å². The Kier molecular flexibility index (Phi) is 6.12. The summed E-state index contributed by atoms with van der Waals surface area (Å²) in [4.78, 5) is 38.2. The van der Waals surface area contributed by atoms with Gasteiger partial charge in [-0.05, 0) is 35.9 Å². The number of carbonyl (C=O) groups is 3. The molecular weight excluding hydrogens is 452 g/mol. The molecular formula is C19H16BrF2N3O4. The van der Waals surface area contributed by atoms with Gasteiger partial charge in [0, 0.05) is 11.5 Å². The zero-order valence-electron chi connectivity index (χ0n) is 15.2. The van der Waals surface area contributed by atoms with Gasteiger partial charge in [-0.15, -0.1) is 0 Å². The molecule has 1 aliphatic rings. The molecule has 152 valence electrons. The van der Waals surface area contributed by atoms with Gasteiger partial charge < -0.3 is 15.4 Å². The Morgan fingerprint density at radius 2 is 1.97 bits per heavy atom. The highest BCUT2D eigenvalue weighted by molar-refractivity contribution is 9.10. The zero-order chi connectivity index (χ0) is 21.1. The number of rotatable bonds is 5. The second-order valence-corrected chi connectivity index (χ2v) is 7.08. The van der Waals surface area contributed by atoms with Crippen molar-refractivity contribution >= 4 is 39.3 Å². The van der Waals surface area contributed by atoms with E-state index in [9.17, 15) is 23.2 Å². The van der Waals surface area contributed by atoms with Crippen LogP contribution in [0.2, 0.25) is 0 Å². The van der Waals surface area contributed by atoms with Crippen LogP contribution in [0.1, 0.15) is 11.6 Å². The van der Waals surface area contributed by atoms with E-state index in [0.29, 0.717) is 11.4 Å². The second-order valence-electron chi connectivity index (χ2n) is 6.17. The molecule has 0 spiro atoms. The molecule has 0 saturated carbocycles. The van der Waals surface area contributed by atoms with Crippen molar-refractivity contribution in [2.45, 2.75) is 6.04 Å². The molecule has 0 radical (unpaired) electrons. The third kappa shape index (κ3) is 4.53. The summed E-state index contributed by atoms with van der Waals surface area (Å²) in [7, 11) is 1.35. The summed E-state index contributed by atoms with van der Waals surface area (Å²) in [5, 5.41) is 4.82. The van der Waals surface area contributed by atoms with Crippen molar-refractivity contribution in [1.82, 2.24) is 10.6 Å². The molecule has 0 saturated heterocycles. The molecule has 2 aromatic rings. The van der Waals surface area contributed by atoms with Gasteiger partial charge in [-0.2, -0.15) is 0 Å². The number of ether oxygens (including phenoxy) is 1. The number of fused-ring (bicyclic) bond motifs is 1. The summed E-state index contributed by atoms with van der Waals surface area (Å²) in [5.74, 6) is -3.50. The van der Waals surface area contributed by atoms with Crippen molar-refractivity contribution < 1.29 is 27.9 Å². The quantitative estimate of drug-likeness (QED) is 0.704. The minimum absolute atomic E-state index is 0.0641. The smallest absolute Gasteiger partial charge is 0.265 e. The number of halogens is 3. The molecule has 3 rings (SSSR count). The molecule has 1 atom stereocenters. The maximum absolute atomic E-state index is 13.6. The summed E-state index contributed by atoms with van der Waals surface area (Å²) in [6.07, 6.45) is 0. The number of hydrogen-bond acceptors (Lipinski definition) is 4. The van der Waals surface area contributed by atoms with E-state index in [2.05, 4.69) is 26.6 Å². The highest BCUT2D eigenvalue weighted by Crippen LogP contribution is 2.34. The Balaban J connectivity index is 1.81. The van der Waals surface area contributed by atoms with Gasteiger partial charge in [-0.1, -0.05) is 22.0 Å². The lowest BCUT2D eigenvalue weighted by atomic mass is 10.1. The number of anilines is 1. The number of benzene rings is 2. The monoisotopic (exact) mass is 467 g/mol. The standard InChI is InChI=1S/C19H16BrF2N3O4/c1-23-19(28)18(10-2-4-12(21)13(22)6-10)24-16(26)8-25-14-5-3-11(20)7-15(14)29-9-17(25)27/h2-7,18H,8-9H2,1H3,(H,23,28)(H,24,26). The Morgan fingerprint density at radius 3 is 2.66 bits per heavy atom. The third-order valence-corrected chi connectivity index (χ3v) is 4.75. The maximum atomic E-state index is 13.6. The van der Waals surface area contributed by atoms with Crippen LogP contribution in [0.15, 0.2) is 40.9 Å². The van der Waals surface area contributed by atoms with Crippen LogP contribution in [0, 0.1) is 11.6 Å². The molecule has 2 aromatic carbocycles. The van der Waals surface area contributed by atoms with Crippen molar-refractivity contribution in [1.29, 1.82) is 0 Å². The molecule has 3 amide bonds.